The van der Waals surface area contributed by atoms with Crippen molar-refractivity contribution >= 4 is 21.9 Å². The van der Waals surface area contributed by atoms with Crippen molar-refractivity contribution in [3.8, 4) is 44.8 Å². The molecule has 67 heavy (non-hydrogen) atoms. The molecular weight excluding hydrogens is 993 g/mol. The summed E-state index contributed by atoms with van der Waals surface area (Å²) < 4.78 is 121. The quantitative estimate of drug-likeness (QED) is 0.149. The number of para-hydroxylation sites is 1. The number of benzene rings is 5. The van der Waals surface area contributed by atoms with E-state index in [0.717, 1.165) is 57.9 Å². The first kappa shape index (κ1) is 34.2. The second-order valence-electron chi connectivity index (χ2n) is 21.5. The summed E-state index contributed by atoms with van der Waals surface area (Å²) in [5, 5.41) is 1.79. The van der Waals surface area contributed by atoms with Crippen molar-refractivity contribution in [3.63, 3.8) is 0 Å². The number of nitrogens with zero attached hydrogens (tertiary/aromatic N) is 2. The van der Waals surface area contributed by atoms with Gasteiger partial charge in [-0.25, -0.2) is 0 Å². The number of aryl methyl sites for hydroxylation is 3. The van der Waals surface area contributed by atoms with Crippen LogP contribution in [0.4, 0.5) is 0 Å². The number of fused-ring (bicyclic) bond motifs is 3. The van der Waals surface area contributed by atoms with E-state index in [0.29, 0.717) is 33.7 Å². The Hall–Kier alpha value is -5.15. The van der Waals surface area contributed by atoms with Crippen LogP contribution >= 0.6 is 0 Å². The molecule has 9 rings (SSSR count). The summed E-state index contributed by atoms with van der Waals surface area (Å²) in [5.41, 5.74) is 6.68. The van der Waals surface area contributed by atoms with E-state index in [1.165, 1.54) is 36.7 Å². The van der Waals surface area contributed by atoms with E-state index in [4.69, 9.17) is 22.2 Å². The number of furan rings is 1. The Bertz CT molecular complexity index is 3560. The fraction of sp³-hybridized carbons (Fsp3) is 0.365. The van der Waals surface area contributed by atoms with Gasteiger partial charge in [-0.15, -0.1) is 53.6 Å². The molecule has 1 radical (unpaired) electrons. The maximum Gasteiger partial charge on any atom is 0.128 e. The van der Waals surface area contributed by atoms with Crippen LogP contribution in [0, 0.1) is 54.3 Å². The van der Waals surface area contributed by atoms with Crippen molar-refractivity contribution in [1.29, 1.82) is 0 Å². The van der Waals surface area contributed by atoms with Crippen molar-refractivity contribution in [3.05, 3.63) is 167 Å². The Morgan fingerprint density at radius 1 is 0.672 bits per heavy atom. The van der Waals surface area contributed by atoms with E-state index in [1.54, 1.807) is 53.7 Å². The summed E-state index contributed by atoms with van der Waals surface area (Å²) in [6.07, 6.45) is 1.38. The largest absolute Gasteiger partial charge is 0.500 e. The zero-order valence-corrected chi connectivity index (χ0v) is 42.7. The topological polar surface area (TPSA) is 38.9 Å². The monoisotopic (exact) mass is 1080 g/mol. The van der Waals surface area contributed by atoms with E-state index in [-0.39, 0.29) is 58.8 Å². The molecule has 0 atom stereocenters. The molecule has 3 aromatic heterocycles. The molecular formula is C63H70IrN2O-2. The predicted molar refractivity (Wildman–Crippen MR) is 280 cm³/mol. The Morgan fingerprint density at radius 2 is 1.28 bits per heavy atom. The Labute approximate surface area is 435 Å². The van der Waals surface area contributed by atoms with Crippen LogP contribution in [0.1, 0.15) is 147 Å². The van der Waals surface area contributed by atoms with Crippen LogP contribution in [0.3, 0.4) is 0 Å². The van der Waals surface area contributed by atoms with Gasteiger partial charge in [0.25, 0.3) is 0 Å². The maximum absolute atomic E-state index is 9.53. The third-order valence-electron chi connectivity index (χ3n) is 11.8. The summed E-state index contributed by atoms with van der Waals surface area (Å²) in [4.78, 5) is 8.71. The maximum atomic E-state index is 9.53. The predicted octanol–water partition coefficient (Wildman–Crippen LogP) is 17.8. The molecule has 0 amide bonds. The minimum Gasteiger partial charge on any atom is -0.500 e. The molecule has 8 aromatic rings. The fourth-order valence-electron chi connectivity index (χ4n) is 9.58. The minimum atomic E-state index is -2.53. The summed E-state index contributed by atoms with van der Waals surface area (Å²) >= 11 is 0. The Balaban J connectivity index is 0.000000286. The summed E-state index contributed by atoms with van der Waals surface area (Å²) in [6, 6.07) is 40.2. The first-order valence-corrected chi connectivity index (χ1v) is 22.8. The SMILES string of the molecule is [2H]C([2H])([2H])c1c[c-]c(-c2cc(C([2H])([2H])C(C)(C)C)c(C([2H])([2H])[2H])cn2)cc1.[2H]C([2H])([2H])c1cnc(-c2[c-]ccc3c2oc2c(-c4cccc(-c5ccc(C6([2H])CC(C)(C)CC(C)(C)C6)cc5)c4)cccc23)cc1C([2H])([2H])C(C)(C)C.[Ir]. The molecule has 4 heteroatoms. The van der Waals surface area contributed by atoms with Crippen LogP contribution in [0.2, 0.25) is 0 Å². The van der Waals surface area contributed by atoms with Gasteiger partial charge in [-0.2, -0.15) is 0 Å². The zero-order valence-electron chi connectivity index (χ0n) is 54.3. The molecule has 1 saturated carbocycles. The van der Waals surface area contributed by atoms with E-state index in [9.17, 15) is 1.37 Å². The second-order valence-corrected chi connectivity index (χ2v) is 21.5. The van der Waals surface area contributed by atoms with Crippen LogP contribution in [0.25, 0.3) is 66.7 Å². The Morgan fingerprint density at radius 3 is 1.90 bits per heavy atom. The molecule has 3 heterocycles. The smallest absolute Gasteiger partial charge is 0.128 e. The van der Waals surface area contributed by atoms with Crippen LogP contribution < -0.4 is 0 Å². The van der Waals surface area contributed by atoms with Gasteiger partial charge in [0.1, 0.15) is 5.58 Å². The standard InChI is InChI=1S/C45H48NO.C18H22N.Ir/c1-29-27-46-40(23-34(29)24-43(2,3)4)39-17-11-16-38-37-15-10-14-36(41(37)47-42(38)39)33-13-9-12-32(22-33)30-18-20-31(21-19-30)35-25-44(5,6)28-45(7,8)26-35;1-13-6-8-15(9-7-13)17-10-16(11-18(3,4)5)14(2)12-19-17;/h9-16,18-23,27,35H,24-26,28H2,1-8H3;6-8,10,12H,11H2,1-5H3;/q2*-1;/i1D3,24D2,35D;1D3,2D3,11D2;. The van der Waals surface area contributed by atoms with E-state index < -0.39 is 50.0 Å². The number of rotatable bonds is 7. The Kier molecular flexibility index (Phi) is 9.93. The van der Waals surface area contributed by atoms with Crippen molar-refractivity contribution in [2.24, 2.45) is 21.7 Å². The molecule has 0 spiro atoms. The number of pyridine rings is 2. The number of hydrogen-bond acceptors (Lipinski definition) is 3. The third-order valence-corrected chi connectivity index (χ3v) is 11.8. The molecule has 0 aliphatic heterocycles. The van der Waals surface area contributed by atoms with Crippen LogP contribution in [0.5, 0.6) is 0 Å². The van der Waals surface area contributed by atoms with Crippen molar-refractivity contribution < 1.29 is 43.7 Å². The molecule has 1 aliphatic carbocycles. The zero-order chi connectivity index (χ0) is 59.2. The van der Waals surface area contributed by atoms with E-state index in [2.05, 4.69) is 98.3 Å². The van der Waals surface area contributed by atoms with Gasteiger partial charge in [0.05, 0.1) is 5.58 Å². The van der Waals surface area contributed by atoms with Crippen LogP contribution in [0.15, 0.2) is 126 Å². The average Bonchev–Trinajstić information content (AvgIpc) is 3.74. The molecule has 0 saturated heterocycles. The second kappa shape index (κ2) is 19.5. The van der Waals surface area contributed by atoms with Crippen molar-refractivity contribution in [1.82, 2.24) is 9.97 Å². The van der Waals surface area contributed by atoms with Crippen molar-refractivity contribution in [2.75, 3.05) is 0 Å². The van der Waals surface area contributed by atoms with Gasteiger partial charge in [0, 0.05) is 62.6 Å². The molecule has 1 fully saturated rings. The molecule has 0 N–H and O–H groups in total. The van der Waals surface area contributed by atoms with Crippen molar-refractivity contribution in [2.45, 2.75) is 128 Å². The molecule has 0 unspecified atom stereocenters. The van der Waals surface area contributed by atoms with E-state index >= 15 is 0 Å². The third kappa shape index (κ3) is 11.9. The first-order valence-electron chi connectivity index (χ1n) is 29.8. The molecule has 0 bridgehead atoms. The number of aromatic nitrogens is 2. The van der Waals surface area contributed by atoms with Gasteiger partial charge in [0.15, 0.2) is 0 Å². The first-order chi connectivity index (χ1) is 36.6. The fourth-order valence-corrected chi connectivity index (χ4v) is 9.58. The molecule has 349 valence electrons. The van der Waals surface area contributed by atoms with Gasteiger partial charge >= 0.3 is 0 Å². The average molecular weight is 1080 g/mol. The summed E-state index contributed by atoms with van der Waals surface area (Å²) in [6.45, 7) is 12.3. The minimum absolute atomic E-state index is 0. The summed E-state index contributed by atoms with van der Waals surface area (Å²) in [5.74, 6) is -0.619. The van der Waals surface area contributed by atoms with E-state index in [1.807, 2.05) is 24.3 Å². The van der Waals surface area contributed by atoms with Gasteiger partial charge in [-0.3, -0.25) is 0 Å². The van der Waals surface area contributed by atoms with Gasteiger partial charge < -0.3 is 14.4 Å². The summed E-state index contributed by atoms with van der Waals surface area (Å²) in [7, 11) is 0. The molecule has 1 aliphatic rings. The van der Waals surface area contributed by atoms with Gasteiger partial charge in [-0.05, 0) is 124 Å². The molecule has 3 nitrogen and oxygen atoms in total. The number of hydrogen-bond donors (Lipinski definition) is 0. The normalized spacial score (nSPS) is 19.5. The van der Waals surface area contributed by atoms with Crippen LogP contribution in [-0.4, -0.2) is 9.97 Å². The van der Waals surface area contributed by atoms with Crippen LogP contribution in [-0.2, 0) is 32.9 Å². The molecule has 5 aromatic carbocycles. The van der Waals surface area contributed by atoms with Gasteiger partial charge in [-0.1, -0.05) is 171 Å². The van der Waals surface area contributed by atoms with Gasteiger partial charge in [0.2, 0.25) is 0 Å².